The van der Waals surface area contributed by atoms with Crippen molar-refractivity contribution in [3.63, 3.8) is 0 Å². The molecule has 0 radical (unpaired) electrons. The second-order valence-electron chi connectivity index (χ2n) is 5.60. The maximum absolute atomic E-state index is 12.8. The SMILES string of the molecule is CCn1c(SC(C)C(=O)c2ccccc2)nc2ccc(Br)cc2c1=O. The molecule has 1 aromatic heterocycles. The molecule has 0 aliphatic heterocycles. The Morgan fingerprint density at radius 1 is 1.24 bits per heavy atom. The van der Waals surface area contributed by atoms with Gasteiger partial charge in [-0.05, 0) is 32.0 Å². The number of thioether (sulfide) groups is 1. The fraction of sp³-hybridized carbons (Fsp3) is 0.211. The Morgan fingerprint density at radius 2 is 1.96 bits per heavy atom. The number of benzene rings is 2. The van der Waals surface area contributed by atoms with Crippen molar-refractivity contribution in [2.24, 2.45) is 0 Å². The van der Waals surface area contributed by atoms with Crippen LogP contribution in [0.15, 0.2) is 63.0 Å². The lowest BCUT2D eigenvalue weighted by atomic mass is 10.1. The molecule has 0 bridgehead atoms. The number of aromatic nitrogens is 2. The summed E-state index contributed by atoms with van der Waals surface area (Å²) < 4.78 is 2.46. The molecule has 1 atom stereocenters. The number of nitrogens with zero attached hydrogens (tertiary/aromatic N) is 2. The minimum atomic E-state index is -0.333. The van der Waals surface area contributed by atoms with Gasteiger partial charge in [0.05, 0.1) is 16.2 Å². The van der Waals surface area contributed by atoms with Gasteiger partial charge in [-0.2, -0.15) is 0 Å². The van der Waals surface area contributed by atoms with E-state index in [4.69, 9.17) is 0 Å². The predicted octanol–water partition coefficient (Wildman–Crippen LogP) is 4.54. The van der Waals surface area contributed by atoms with E-state index in [1.54, 1.807) is 22.8 Å². The Hall–Kier alpha value is -1.92. The normalized spacial score (nSPS) is 12.3. The molecule has 4 nitrogen and oxygen atoms in total. The van der Waals surface area contributed by atoms with E-state index in [-0.39, 0.29) is 16.6 Å². The molecule has 6 heteroatoms. The minimum Gasteiger partial charge on any atom is -0.293 e. The van der Waals surface area contributed by atoms with Gasteiger partial charge in [-0.1, -0.05) is 58.0 Å². The zero-order valence-electron chi connectivity index (χ0n) is 13.9. The number of Topliss-reactive ketones (excluding diaryl/α,β-unsaturated/α-hetero) is 1. The molecule has 0 saturated heterocycles. The Kier molecular flexibility index (Phi) is 5.39. The summed E-state index contributed by atoms with van der Waals surface area (Å²) in [5.41, 5.74) is 1.22. The number of rotatable bonds is 5. The van der Waals surface area contributed by atoms with Crippen molar-refractivity contribution in [3.8, 4) is 0 Å². The van der Waals surface area contributed by atoms with Crippen LogP contribution in [-0.2, 0) is 6.54 Å². The van der Waals surface area contributed by atoms with Crippen molar-refractivity contribution in [2.45, 2.75) is 30.8 Å². The smallest absolute Gasteiger partial charge is 0.262 e. The lowest BCUT2D eigenvalue weighted by Crippen LogP contribution is -2.24. The van der Waals surface area contributed by atoms with Crippen molar-refractivity contribution in [1.82, 2.24) is 9.55 Å². The maximum Gasteiger partial charge on any atom is 0.262 e. The number of fused-ring (bicyclic) bond motifs is 1. The Labute approximate surface area is 158 Å². The molecule has 0 N–H and O–H groups in total. The van der Waals surface area contributed by atoms with E-state index in [0.29, 0.717) is 28.2 Å². The van der Waals surface area contributed by atoms with E-state index in [9.17, 15) is 9.59 Å². The van der Waals surface area contributed by atoms with Crippen molar-refractivity contribution < 1.29 is 4.79 Å². The highest BCUT2D eigenvalue weighted by Gasteiger charge is 2.20. The summed E-state index contributed by atoms with van der Waals surface area (Å²) in [6.45, 7) is 4.25. The number of carbonyl (C=O) groups excluding carboxylic acids is 1. The average Bonchev–Trinajstić information content (AvgIpc) is 2.63. The monoisotopic (exact) mass is 416 g/mol. The lowest BCUT2D eigenvalue weighted by molar-refractivity contribution is 0.0994. The van der Waals surface area contributed by atoms with Crippen LogP contribution in [0.25, 0.3) is 10.9 Å². The van der Waals surface area contributed by atoms with Crippen LogP contribution < -0.4 is 5.56 Å². The molecule has 2 aromatic carbocycles. The number of carbonyl (C=O) groups is 1. The van der Waals surface area contributed by atoms with Gasteiger partial charge in [0.15, 0.2) is 10.9 Å². The molecule has 0 saturated carbocycles. The van der Waals surface area contributed by atoms with Crippen LogP contribution in [0.4, 0.5) is 0 Å². The first-order chi connectivity index (χ1) is 12.0. The van der Waals surface area contributed by atoms with Gasteiger partial charge in [-0.25, -0.2) is 4.98 Å². The summed E-state index contributed by atoms with van der Waals surface area (Å²) in [5.74, 6) is 0.0263. The van der Waals surface area contributed by atoms with Crippen LogP contribution in [0, 0.1) is 0 Å². The third-order valence-electron chi connectivity index (χ3n) is 3.91. The molecule has 0 spiro atoms. The Balaban J connectivity index is 1.99. The molecular weight excluding hydrogens is 400 g/mol. The standard InChI is InChI=1S/C19H17BrN2O2S/c1-3-22-18(24)15-11-14(20)9-10-16(15)21-19(22)25-12(2)17(23)13-7-5-4-6-8-13/h4-12H,3H2,1-2H3. The number of hydrogen-bond acceptors (Lipinski definition) is 4. The number of halogens is 1. The third kappa shape index (κ3) is 3.70. The van der Waals surface area contributed by atoms with Gasteiger partial charge in [-0.3, -0.25) is 14.2 Å². The van der Waals surface area contributed by atoms with E-state index in [1.807, 2.05) is 44.2 Å². The minimum absolute atomic E-state index is 0.0263. The summed E-state index contributed by atoms with van der Waals surface area (Å²) in [6, 6.07) is 14.6. The van der Waals surface area contributed by atoms with E-state index in [1.165, 1.54) is 11.8 Å². The highest BCUT2D eigenvalue weighted by atomic mass is 79.9. The van der Waals surface area contributed by atoms with E-state index in [0.717, 1.165) is 4.47 Å². The molecule has 1 unspecified atom stereocenters. The second-order valence-corrected chi connectivity index (χ2v) is 7.82. The quantitative estimate of drug-likeness (QED) is 0.348. The van der Waals surface area contributed by atoms with Crippen LogP contribution in [0.5, 0.6) is 0 Å². The van der Waals surface area contributed by atoms with E-state index in [2.05, 4.69) is 20.9 Å². The molecule has 0 aliphatic rings. The first-order valence-electron chi connectivity index (χ1n) is 7.97. The largest absolute Gasteiger partial charge is 0.293 e. The third-order valence-corrected chi connectivity index (χ3v) is 5.49. The lowest BCUT2D eigenvalue weighted by Gasteiger charge is -2.15. The number of hydrogen-bond donors (Lipinski definition) is 0. The summed E-state index contributed by atoms with van der Waals surface area (Å²) in [6.07, 6.45) is 0. The van der Waals surface area contributed by atoms with Gasteiger partial charge in [0.25, 0.3) is 5.56 Å². The first kappa shape index (κ1) is 17.9. The molecule has 0 fully saturated rings. The van der Waals surface area contributed by atoms with Gasteiger partial charge in [0.1, 0.15) is 0 Å². The van der Waals surface area contributed by atoms with Gasteiger partial charge in [0, 0.05) is 16.6 Å². The van der Waals surface area contributed by atoms with Crippen molar-refractivity contribution in [1.29, 1.82) is 0 Å². The molecule has 1 heterocycles. The highest BCUT2D eigenvalue weighted by molar-refractivity contribution is 9.10. The van der Waals surface area contributed by atoms with Crippen LogP contribution in [0.1, 0.15) is 24.2 Å². The van der Waals surface area contributed by atoms with Crippen molar-refractivity contribution >= 4 is 44.4 Å². The van der Waals surface area contributed by atoms with Gasteiger partial charge < -0.3 is 0 Å². The molecule has 128 valence electrons. The Morgan fingerprint density at radius 3 is 2.64 bits per heavy atom. The van der Waals surface area contributed by atoms with E-state index >= 15 is 0 Å². The molecule has 3 rings (SSSR count). The highest BCUT2D eigenvalue weighted by Crippen LogP contribution is 2.25. The van der Waals surface area contributed by atoms with Crippen LogP contribution >= 0.6 is 27.7 Å². The van der Waals surface area contributed by atoms with Crippen LogP contribution in [-0.4, -0.2) is 20.6 Å². The fourth-order valence-electron chi connectivity index (χ4n) is 2.59. The molecule has 0 aliphatic carbocycles. The molecule has 0 amide bonds. The van der Waals surface area contributed by atoms with Crippen LogP contribution in [0.2, 0.25) is 0 Å². The predicted molar refractivity (Wildman–Crippen MR) is 105 cm³/mol. The Bertz CT molecular complexity index is 986. The first-order valence-corrected chi connectivity index (χ1v) is 9.64. The summed E-state index contributed by atoms with van der Waals surface area (Å²) in [7, 11) is 0. The maximum atomic E-state index is 12.8. The van der Waals surface area contributed by atoms with Gasteiger partial charge in [0.2, 0.25) is 0 Å². The van der Waals surface area contributed by atoms with Gasteiger partial charge in [-0.15, -0.1) is 0 Å². The zero-order chi connectivity index (χ0) is 18.0. The van der Waals surface area contributed by atoms with E-state index < -0.39 is 0 Å². The topological polar surface area (TPSA) is 52.0 Å². The zero-order valence-corrected chi connectivity index (χ0v) is 16.3. The van der Waals surface area contributed by atoms with Crippen molar-refractivity contribution in [3.05, 3.63) is 68.9 Å². The molecule has 3 aromatic rings. The van der Waals surface area contributed by atoms with Gasteiger partial charge >= 0.3 is 0 Å². The van der Waals surface area contributed by atoms with Crippen LogP contribution in [0.3, 0.4) is 0 Å². The summed E-state index contributed by atoms with van der Waals surface area (Å²) in [5, 5.41) is 0.807. The second kappa shape index (κ2) is 7.54. The number of ketones is 1. The summed E-state index contributed by atoms with van der Waals surface area (Å²) >= 11 is 4.71. The fourth-order valence-corrected chi connectivity index (χ4v) is 4.00. The average molecular weight is 417 g/mol. The molecule has 25 heavy (non-hydrogen) atoms. The summed E-state index contributed by atoms with van der Waals surface area (Å²) in [4.78, 5) is 30.0. The molecular formula is C19H17BrN2O2S. The van der Waals surface area contributed by atoms with Crippen molar-refractivity contribution in [2.75, 3.05) is 0 Å².